The van der Waals surface area contributed by atoms with Crippen LogP contribution >= 0.6 is 0 Å². The minimum atomic E-state index is -1.01. The molecule has 0 aromatic heterocycles. The maximum absolute atomic E-state index is 12.7. The van der Waals surface area contributed by atoms with Crippen molar-refractivity contribution >= 4 is 29.8 Å². The van der Waals surface area contributed by atoms with E-state index in [0.717, 1.165) is 5.56 Å². The van der Waals surface area contributed by atoms with E-state index in [0.29, 0.717) is 5.56 Å². The van der Waals surface area contributed by atoms with Gasteiger partial charge in [-0.2, -0.15) is 0 Å². The molecule has 3 atom stereocenters. The number of carboxylic acid groups (broad SMARTS) is 1. The number of phenolic OH excluding ortho intramolecular Hbond substituents is 1. The van der Waals surface area contributed by atoms with Gasteiger partial charge in [-0.1, -0.05) is 43.3 Å². The van der Waals surface area contributed by atoms with Crippen LogP contribution in [0.4, 0.5) is 15.3 Å². The molecule has 0 aliphatic rings. The number of carboxylic acids is 1. The van der Waals surface area contributed by atoms with E-state index < -0.39 is 47.7 Å². The summed E-state index contributed by atoms with van der Waals surface area (Å²) in [6.07, 6.45) is -1.12. The maximum Gasteiger partial charge on any atom is 0.408 e. The Labute approximate surface area is 227 Å². The number of aliphatic carboxylic acids is 1. The summed E-state index contributed by atoms with van der Waals surface area (Å²) < 4.78 is 10.4. The largest absolute Gasteiger partial charge is 0.506 e. The van der Waals surface area contributed by atoms with Crippen molar-refractivity contribution in [3.63, 3.8) is 0 Å². The zero-order valence-electron chi connectivity index (χ0n) is 22.8. The fourth-order valence-electron chi connectivity index (χ4n) is 3.54. The predicted octanol–water partition coefficient (Wildman–Crippen LogP) is 4.19. The highest BCUT2D eigenvalue weighted by molar-refractivity contribution is 5.97. The fraction of sp³-hybridized carbons (Fsp3) is 0.429. The second kappa shape index (κ2) is 14.0. The van der Waals surface area contributed by atoms with Gasteiger partial charge in [0, 0.05) is 6.04 Å². The molecule has 0 aliphatic heterocycles. The normalized spacial score (nSPS) is 13.4. The van der Waals surface area contributed by atoms with E-state index in [1.807, 2.05) is 18.2 Å². The first kappa shape index (κ1) is 30.9. The van der Waals surface area contributed by atoms with Gasteiger partial charge in [0.2, 0.25) is 5.91 Å². The Morgan fingerprint density at radius 1 is 0.923 bits per heavy atom. The van der Waals surface area contributed by atoms with E-state index in [4.69, 9.17) is 9.47 Å². The lowest BCUT2D eigenvalue weighted by molar-refractivity contribution is -0.141. The molecular formula is C28H37N3O8. The van der Waals surface area contributed by atoms with E-state index in [2.05, 4.69) is 16.0 Å². The van der Waals surface area contributed by atoms with Gasteiger partial charge in [-0.15, -0.1) is 0 Å². The first-order valence-corrected chi connectivity index (χ1v) is 12.6. The van der Waals surface area contributed by atoms with Crippen LogP contribution in [0.25, 0.3) is 0 Å². The zero-order chi connectivity index (χ0) is 29.2. The lowest BCUT2D eigenvalue weighted by atomic mass is 9.96. The Morgan fingerprint density at radius 2 is 1.59 bits per heavy atom. The van der Waals surface area contributed by atoms with Gasteiger partial charge in [0.05, 0.1) is 11.6 Å². The summed E-state index contributed by atoms with van der Waals surface area (Å²) in [5, 5.41) is 27.3. The molecular weight excluding hydrogens is 506 g/mol. The molecule has 11 heteroatoms. The molecule has 11 nitrogen and oxygen atoms in total. The highest BCUT2D eigenvalue weighted by Crippen LogP contribution is 2.26. The van der Waals surface area contributed by atoms with Crippen molar-refractivity contribution in [1.29, 1.82) is 0 Å². The van der Waals surface area contributed by atoms with Crippen LogP contribution in [0.3, 0.4) is 0 Å². The Bertz CT molecular complexity index is 1150. The Kier molecular flexibility index (Phi) is 11.1. The Hall–Kier alpha value is -4.28. The third-order valence-electron chi connectivity index (χ3n) is 5.52. The van der Waals surface area contributed by atoms with Crippen LogP contribution < -0.4 is 16.0 Å². The second-order valence-corrected chi connectivity index (χ2v) is 10.3. The van der Waals surface area contributed by atoms with E-state index in [1.165, 1.54) is 26.0 Å². The summed E-state index contributed by atoms with van der Waals surface area (Å²) >= 11 is 0. The highest BCUT2D eigenvalue weighted by Gasteiger charge is 2.24. The topological polar surface area (TPSA) is 163 Å². The van der Waals surface area contributed by atoms with Crippen molar-refractivity contribution in [1.82, 2.24) is 10.6 Å². The molecule has 2 rings (SSSR count). The van der Waals surface area contributed by atoms with Gasteiger partial charge in [0.1, 0.15) is 24.0 Å². The van der Waals surface area contributed by atoms with Crippen molar-refractivity contribution < 1.29 is 38.9 Å². The lowest BCUT2D eigenvalue weighted by Crippen LogP contribution is -2.42. The van der Waals surface area contributed by atoms with E-state index >= 15 is 0 Å². The minimum absolute atomic E-state index is 0.0445. The Morgan fingerprint density at radius 3 is 2.21 bits per heavy atom. The number of anilines is 1. The number of ether oxygens (including phenoxy) is 2. The lowest BCUT2D eigenvalue weighted by Gasteiger charge is -2.25. The molecule has 5 N–H and O–H groups in total. The molecule has 212 valence electrons. The summed E-state index contributed by atoms with van der Waals surface area (Å²) in [6.45, 7) is 8.20. The number of amides is 3. The second-order valence-electron chi connectivity index (χ2n) is 10.3. The third kappa shape index (κ3) is 11.3. The van der Waals surface area contributed by atoms with Crippen molar-refractivity contribution in [3.8, 4) is 5.75 Å². The SMILES string of the molecule is C[C@H](NC(=O)OCc1ccccc1)C(=O)Nc1cc(C[C@@H](C[C@H](C)C(=O)O)NC(=O)OC(C)(C)C)ccc1O. The summed E-state index contributed by atoms with van der Waals surface area (Å²) in [6, 6.07) is 12.0. The molecule has 39 heavy (non-hydrogen) atoms. The van der Waals surface area contributed by atoms with E-state index in [9.17, 15) is 29.4 Å². The number of carbonyl (C=O) groups excluding carboxylic acids is 3. The minimum Gasteiger partial charge on any atom is -0.506 e. The van der Waals surface area contributed by atoms with Gasteiger partial charge in [0.15, 0.2) is 0 Å². The zero-order valence-corrected chi connectivity index (χ0v) is 22.8. The molecule has 0 fully saturated rings. The maximum atomic E-state index is 12.7. The summed E-state index contributed by atoms with van der Waals surface area (Å²) in [4.78, 5) is 48.5. The number of nitrogens with one attached hydrogen (secondary N) is 3. The van der Waals surface area contributed by atoms with Crippen LogP contribution in [-0.2, 0) is 32.1 Å². The quantitative estimate of drug-likeness (QED) is 0.263. The summed E-state index contributed by atoms with van der Waals surface area (Å²) in [7, 11) is 0. The van der Waals surface area contributed by atoms with Crippen molar-refractivity contribution in [2.45, 2.75) is 71.8 Å². The highest BCUT2D eigenvalue weighted by atomic mass is 16.6. The number of carbonyl (C=O) groups is 4. The van der Waals surface area contributed by atoms with Gasteiger partial charge in [-0.25, -0.2) is 9.59 Å². The van der Waals surface area contributed by atoms with Crippen LogP contribution in [0.1, 0.15) is 52.2 Å². The first-order chi connectivity index (χ1) is 18.2. The number of benzene rings is 2. The molecule has 0 aliphatic carbocycles. The van der Waals surface area contributed by atoms with Crippen LogP contribution in [-0.4, -0.2) is 52.0 Å². The van der Waals surface area contributed by atoms with Crippen molar-refractivity contribution in [2.24, 2.45) is 5.92 Å². The van der Waals surface area contributed by atoms with Crippen molar-refractivity contribution in [2.75, 3.05) is 5.32 Å². The van der Waals surface area contributed by atoms with E-state index in [-0.39, 0.29) is 30.9 Å². The van der Waals surface area contributed by atoms with E-state index in [1.54, 1.807) is 39.0 Å². The van der Waals surface area contributed by atoms with Gasteiger partial charge in [0.25, 0.3) is 0 Å². The Balaban J connectivity index is 2.04. The summed E-state index contributed by atoms with van der Waals surface area (Å²) in [5.74, 6) is -2.55. The third-order valence-corrected chi connectivity index (χ3v) is 5.52. The van der Waals surface area contributed by atoms with Crippen LogP contribution in [0, 0.1) is 5.92 Å². The smallest absolute Gasteiger partial charge is 0.408 e. The number of hydrogen-bond acceptors (Lipinski definition) is 7. The molecule has 0 saturated carbocycles. The monoisotopic (exact) mass is 543 g/mol. The van der Waals surface area contributed by atoms with Crippen LogP contribution in [0.2, 0.25) is 0 Å². The standard InChI is InChI=1S/C28H37N3O8/c1-17(25(34)35)13-21(30-27(37)39-28(3,4)5)14-20-11-12-23(32)22(15-20)31-24(33)18(2)29-26(36)38-16-19-9-7-6-8-10-19/h6-12,15,17-18,21,32H,13-14,16H2,1-5H3,(H,29,36)(H,30,37)(H,31,33)(H,34,35)/t17-,18-,21+/m0/s1. The first-order valence-electron chi connectivity index (χ1n) is 12.6. The number of phenols is 1. The number of aromatic hydroxyl groups is 1. The molecule has 0 saturated heterocycles. The van der Waals surface area contributed by atoms with Crippen LogP contribution in [0.5, 0.6) is 5.75 Å². The molecule has 0 bridgehead atoms. The molecule has 2 aromatic carbocycles. The fourth-order valence-corrected chi connectivity index (χ4v) is 3.54. The molecule has 3 amide bonds. The molecule has 0 heterocycles. The number of hydrogen-bond donors (Lipinski definition) is 5. The predicted molar refractivity (Wildman–Crippen MR) is 144 cm³/mol. The van der Waals surface area contributed by atoms with Crippen LogP contribution in [0.15, 0.2) is 48.5 Å². The number of alkyl carbamates (subject to hydrolysis) is 2. The average molecular weight is 544 g/mol. The van der Waals surface area contributed by atoms with Crippen molar-refractivity contribution in [3.05, 3.63) is 59.7 Å². The molecule has 0 radical (unpaired) electrons. The van der Waals surface area contributed by atoms with Gasteiger partial charge < -0.3 is 35.6 Å². The van der Waals surface area contributed by atoms with Gasteiger partial charge in [-0.05, 0) is 63.8 Å². The molecule has 0 spiro atoms. The van der Waals surface area contributed by atoms with Gasteiger partial charge >= 0.3 is 18.2 Å². The van der Waals surface area contributed by atoms with Gasteiger partial charge in [-0.3, -0.25) is 9.59 Å². The number of rotatable bonds is 11. The molecule has 0 unspecified atom stereocenters. The average Bonchev–Trinajstić information content (AvgIpc) is 2.84. The molecule has 2 aromatic rings. The summed E-state index contributed by atoms with van der Waals surface area (Å²) in [5.41, 5.74) is 0.765.